The molecule has 1 unspecified atom stereocenters. The fourth-order valence-corrected chi connectivity index (χ4v) is 2.58. The van der Waals surface area contributed by atoms with Crippen molar-refractivity contribution in [3.8, 4) is 0 Å². The molecule has 1 N–H and O–H groups in total. The third kappa shape index (κ3) is 1.96. The van der Waals surface area contributed by atoms with Crippen LogP contribution in [0.25, 0.3) is 10.8 Å². The third-order valence-electron chi connectivity index (χ3n) is 3.46. The van der Waals surface area contributed by atoms with Gasteiger partial charge < -0.3 is 5.32 Å². The van der Waals surface area contributed by atoms with Gasteiger partial charge in [-0.15, -0.1) is 0 Å². The molecule has 16 heavy (non-hydrogen) atoms. The van der Waals surface area contributed by atoms with E-state index in [1.807, 2.05) is 0 Å². The maximum atomic E-state index is 3.55. The van der Waals surface area contributed by atoms with Crippen LogP contribution in [0.3, 0.4) is 0 Å². The Bertz CT molecular complexity index is 484. The maximum Gasteiger partial charge on any atom is 0.0108 e. The Morgan fingerprint density at radius 1 is 1.06 bits per heavy atom. The first-order valence-electron chi connectivity index (χ1n) is 6.13. The van der Waals surface area contributed by atoms with Crippen LogP contribution < -0.4 is 5.32 Å². The molecule has 0 saturated carbocycles. The number of nitrogens with one attached hydrogen (secondary N) is 1. The predicted octanol–water partition coefficient (Wildman–Crippen LogP) is 3.13. The minimum atomic E-state index is 0.696. The van der Waals surface area contributed by atoms with Crippen LogP contribution in [0.4, 0.5) is 0 Å². The highest BCUT2D eigenvalue weighted by atomic mass is 14.9. The summed E-state index contributed by atoms with van der Waals surface area (Å²) in [7, 11) is 0. The molecule has 2 aromatic carbocycles. The van der Waals surface area contributed by atoms with Gasteiger partial charge >= 0.3 is 0 Å². The van der Waals surface area contributed by atoms with E-state index in [-0.39, 0.29) is 0 Å². The lowest BCUT2D eigenvalue weighted by Gasteiger charge is -2.10. The van der Waals surface area contributed by atoms with Gasteiger partial charge in [-0.2, -0.15) is 0 Å². The highest BCUT2D eigenvalue weighted by molar-refractivity contribution is 5.82. The second-order valence-corrected chi connectivity index (χ2v) is 4.68. The fourth-order valence-electron chi connectivity index (χ4n) is 2.58. The third-order valence-corrected chi connectivity index (χ3v) is 3.46. The van der Waals surface area contributed by atoms with Gasteiger partial charge in [0.2, 0.25) is 0 Å². The molecule has 82 valence electrons. The van der Waals surface area contributed by atoms with Crippen LogP contribution in [-0.4, -0.2) is 12.6 Å². The van der Waals surface area contributed by atoms with Crippen LogP contribution >= 0.6 is 0 Å². The van der Waals surface area contributed by atoms with E-state index in [1.54, 1.807) is 0 Å². The van der Waals surface area contributed by atoms with E-state index in [0.29, 0.717) is 6.04 Å². The van der Waals surface area contributed by atoms with Gasteiger partial charge in [0.05, 0.1) is 0 Å². The van der Waals surface area contributed by atoms with E-state index in [4.69, 9.17) is 0 Å². The van der Waals surface area contributed by atoms with Crippen LogP contribution in [0.2, 0.25) is 0 Å². The molecule has 1 aliphatic heterocycles. The standard InChI is InChI=1S/C15H17N/c1-2-5-14-10-12(7-8-13(14)4-1)11-15-6-3-9-16-15/h1-2,4-5,7-8,10,15-16H,3,6,9,11H2. The molecule has 1 heteroatoms. The Labute approximate surface area is 96.5 Å². The number of hydrogen-bond acceptors (Lipinski definition) is 1. The van der Waals surface area contributed by atoms with Crippen molar-refractivity contribution in [3.63, 3.8) is 0 Å². The van der Waals surface area contributed by atoms with Crippen molar-refractivity contribution < 1.29 is 0 Å². The van der Waals surface area contributed by atoms with Gasteiger partial charge in [0, 0.05) is 6.04 Å². The first-order valence-corrected chi connectivity index (χ1v) is 6.13. The quantitative estimate of drug-likeness (QED) is 0.804. The van der Waals surface area contributed by atoms with Gasteiger partial charge in [0.1, 0.15) is 0 Å². The molecule has 1 fully saturated rings. The van der Waals surface area contributed by atoms with Crippen LogP contribution in [0.15, 0.2) is 42.5 Å². The molecule has 1 saturated heterocycles. The molecule has 0 spiro atoms. The lowest BCUT2D eigenvalue weighted by atomic mass is 10.0. The van der Waals surface area contributed by atoms with E-state index < -0.39 is 0 Å². The molecule has 0 bridgehead atoms. The SMILES string of the molecule is c1ccc2cc(CC3CCCN3)ccc2c1. The monoisotopic (exact) mass is 211 g/mol. The summed E-state index contributed by atoms with van der Waals surface area (Å²) in [6.45, 7) is 1.19. The van der Waals surface area contributed by atoms with E-state index in [1.165, 1.54) is 42.1 Å². The number of benzene rings is 2. The molecule has 1 nitrogen and oxygen atoms in total. The van der Waals surface area contributed by atoms with Crippen LogP contribution in [-0.2, 0) is 6.42 Å². The molecule has 0 aliphatic carbocycles. The molecule has 0 amide bonds. The van der Waals surface area contributed by atoms with Gasteiger partial charge in [-0.1, -0.05) is 42.5 Å². The molecular formula is C15H17N. The Balaban J connectivity index is 1.86. The van der Waals surface area contributed by atoms with Crippen molar-refractivity contribution >= 4 is 10.8 Å². The van der Waals surface area contributed by atoms with Gasteiger partial charge in [-0.3, -0.25) is 0 Å². The number of rotatable bonds is 2. The van der Waals surface area contributed by atoms with Gasteiger partial charge in [-0.05, 0) is 42.1 Å². The smallest absolute Gasteiger partial charge is 0.0108 e. The summed E-state index contributed by atoms with van der Waals surface area (Å²) in [6.07, 6.45) is 3.83. The largest absolute Gasteiger partial charge is 0.314 e. The molecular weight excluding hydrogens is 194 g/mol. The van der Waals surface area contributed by atoms with Crippen molar-refractivity contribution in [2.24, 2.45) is 0 Å². The van der Waals surface area contributed by atoms with E-state index in [2.05, 4.69) is 47.8 Å². The zero-order valence-corrected chi connectivity index (χ0v) is 9.45. The lowest BCUT2D eigenvalue weighted by molar-refractivity contribution is 0.603. The average molecular weight is 211 g/mol. The highest BCUT2D eigenvalue weighted by Gasteiger charge is 2.14. The summed E-state index contributed by atoms with van der Waals surface area (Å²) in [5.74, 6) is 0. The number of fused-ring (bicyclic) bond motifs is 1. The first-order chi connectivity index (χ1) is 7.92. The normalized spacial score (nSPS) is 20.4. The topological polar surface area (TPSA) is 12.0 Å². The van der Waals surface area contributed by atoms with Gasteiger partial charge in [-0.25, -0.2) is 0 Å². The molecule has 3 rings (SSSR count). The summed E-state index contributed by atoms with van der Waals surface area (Å²) < 4.78 is 0. The fraction of sp³-hybridized carbons (Fsp3) is 0.333. The summed E-state index contributed by atoms with van der Waals surface area (Å²) >= 11 is 0. The second-order valence-electron chi connectivity index (χ2n) is 4.68. The van der Waals surface area contributed by atoms with Crippen LogP contribution in [0.1, 0.15) is 18.4 Å². The lowest BCUT2D eigenvalue weighted by Crippen LogP contribution is -2.23. The maximum absolute atomic E-state index is 3.55. The molecule has 2 aromatic rings. The van der Waals surface area contributed by atoms with Crippen molar-refractivity contribution in [1.82, 2.24) is 5.32 Å². The Morgan fingerprint density at radius 3 is 2.75 bits per heavy atom. The predicted molar refractivity (Wildman–Crippen MR) is 68.7 cm³/mol. The van der Waals surface area contributed by atoms with Crippen molar-refractivity contribution in [3.05, 3.63) is 48.0 Å². The Kier molecular flexibility index (Phi) is 2.63. The summed E-state index contributed by atoms with van der Waals surface area (Å²) in [5.41, 5.74) is 1.46. The van der Waals surface area contributed by atoms with Crippen LogP contribution in [0, 0.1) is 0 Å². The van der Waals surface area contributed by atoms with Crippen LogP contribution in [0.5, 0.6) is 0 Å². The zero-order chi connectivity index (χ0) is 10.8. The zero-order valence-electron chi connectivity index (χ0n) is 9.45. The molecule has 1 aliphatic rings. The second kappa shape index (κ2) is 4.26. The summed E-state index contributed by atoms with van der Waals surface area (Å²) in [4.78, 5) is 0. The molecule has 0 radical (unpaired) electrons. The van der Waals surface area contributed by atoms with Gasteiger partial charge in [0.15, 0.2) is 0 Å². The minimum Gasteiger partial charge on any atom is -0.314 e. The summed E-state index contributed by atoms with van der Waals surface area (Å²) in [6, 6.07) is 16.1. The van der Waals surface area contributed by atoms with E-state index in [0.717, 1.165) is 0 Å². The van der Waals surface area contributed by atoms with E-state index in [9.17, 15) is 0 Å². The molecule has 0 aromatic heterocycles. The van der Waals surface area contributed by atoms with E-state index >= 15 is 0 Å². The molecule has 1 heterocycles. The van der Waals surface area contributed by atoms with Crippen molar-refractivity contribution in [2.75, 3.05) is 6.54 Å². The average Bonchev–Trinajstić information content (AvgIpc) is 2.82. The molecule has 1 atom stereocenters. The Hall–Kier alpha value is -1.34. The summed E-state index contributed by atoms with van der Waals surface area (Å²) in [5, 5.41) is 6.25. The first kappa shape index (κ1) is 9.86. The highest BCUT2D eigenvalue weighted by Crippen LogP contribution is 2.18. The minimum absolute atomic E-state index is 0.696. The number of hydrogen-bond donors (Lipinski definition) is 1. The Morgan fingerprint density at radius 2 is 1.94 bits per heavy atom. The van der Waals surface area contributed by atoms with Crippen molar-refractivity contribution in [1.29, 1.82) is 0 Å². The van der Waals surface area contributed by atoms with Gasteiger partial charge in [0.25, 0.3) is 0 Å². The van der Waals surface area contributed by atoms with Crippen molar-refractivity contribution in [2.45, 2.75) is 25.3 Å².